The summed E-state index contributed by atoms with van der Waals surface area (Å²) in [5.74, 6) is -3.15. The highest BCUT2D eigenvalue weighted by Crippen LogP contribution is 2.31. The number of ketones is 1. The summed E-state index contributed by atoms with van der Waals surface area (Å²) in [6, 6.07) is 8.51. The number of carbonyl (C=O) groups excluding carboxylic acids is 1. The molecule has 2 aromatic carbocycles. The number of carbonyl (C=O) groups is 2. The highest BCUT2D eigenvalue weighted by Gasteiger charge is 2.41. The van der Waals surface area contributed by atoms with Crippen molar-refractivity contribution in [3.8, 4) is 0 Å². The average molecular weight is 395 g/mol. The predicted molar refractivity (Wildman–Crippen MR) is 95.8 cm³/mol. The van der Waals surface area contributed by atoms with E-state index in [4.69, 9.17) is 16.3 Å². The van der Waals surface area contributed by atoms with Gasteiger partial charge in [-0.1, -0.05) is 23.7 Å². The lowest BCUT2D eigenvalue weighted by Crippen LogP contribution is -2.40. The van der Waals surface area contributed by atoms with E-state index < -0.39 is 23.2 Å². The largest absolute Gasteiger partial charge is 0.478 e. The maximum absolute atomic E-state index is 14.9. The Morgan fingerprint density at radius 3 is 2.37 bits per heavy atom. The minimum absolute atomic E-state index is 0.00765. The first-order valence-corrected chi connectivity index (χ1v) is 8.79. The minimum Gasteiger partial charge on any atom is -0.478 e. The van der Waals surface area contributed by atoms with E-state index >= 15 is 0 Å². The molecule has 0 aliphatic carbocycles. The fraction of sp³-hybridized carbons (Fsp3) is 0.300. The summed E-state index contributed by atoms with van der Waals surface area (Å²) in [6.07, 6.45) is -0.265. The second kappa shape index (κ2) is 7.74. The van der Waals surface area contributed by atoms with Gasteiger partial charge < -0.3 is 9.84 Å². The molecule has 0 spiro atoms. The van der Waals surface area contributed by atoms with Crippen molar-refractivity contribution >= 4 is 23.4 Å². The second-order valence-corrected chi connectivity index (χ2v) is 6.94. The number of halogens is 3. The molecule has 0 unspecified atom stereocenters. The molecule has 1 N–H and O–H groups in total. The smallest absolute Gasteiger partial charge is 0.336 e. The molecule has 2 aromatic rings. The summed E-state index contributed by atoms with van der Waals surface area (Å²) in [5, 5.41) is 9.98. The van der Waals surface area contributed by atoms with E-state index in [0.29, 0.717) is 10.6 Å². The molecule has 0 atom stereocenters. The number of aromatic carboxylic acids is 1. The van der Waals surface area contributed by atoms with Crippen molar-refractivity contribution in [1.29, 1.82) is 0 Å². The van der Waals surface area contributed by atoms with Crippen molar-refractivity contribution in [2.24, 2.45) is 0 Å². The highest BCUT2D eigenvalue weighted by molar-refractivity contribution is 6.30. The molecule has 1 fully saturated rings. The van der Waals surface area contributed by atoms with Gasteiger partial charge in [0.1, 0.15) is 5.82 Å². The van der Waals surface area contributed by atoms with Crippen molar-refractivity contribution in [3.05, 3.63) is 69.5 Å². The van der Waals surface area contributed by atoms with Crippen LogP contribution in [0.3, 0.4) is 0 Å². The van der Waals surface area contributed by atoms with Crippen molar-refractivity contribution in [1.82, 2.24) is 0 Å². The third-order valence-electron chi connectivity index (χ3n) is 4.67. The molecular weight excluding hydrogens is 378 g/mol. The fourth-order valence-corrected chi connectivity index (χ4v) is 3.25. The van der Waals surface area contributed by atoms with Gasteiger partial charge in [-0.3, -0.25) is 4.79 Å². The second-order valence-electron chi connectivity index (χ2n) is 6.50. The van der Waals surface area contributed by atoms with Gasteiger partial charge in [0.05, 0.1) is 18.8 Å². The lowest BCUT2D eigenvalue weighted by Gasteiger charge is -2.28. The van der Waals surface area contributed by atoms with Crippen LogP contribution in [0.25, 0.3) is 0 Å². The number of hydrogen-bond acceptors (Lipinski definition) is 3. The Labute approximate surface area is 159 Å². The molecule has 1 aliphatic rings. The molecule has 0 aromatic heterocycles. The van der Waals surface area contributed by atoms with Gasteiger partial charge in [0.15, 0.2) is 11.5 Å². The topological polar surface area (TPSA) is 63.6 Å². The first-order valence-electron chi connectivity index (χ1n) is 8.42. The number of Topliss-reactive ketones (excluding diaryl/α,β-unsaturated/α-hetero) is 1. The molecule has 142 valence electrons. The van der Waals surface area contributed by atoms with Crippen molar-refractivity contribution < 1.29 is 28.2 Å². The lowest BCUT2D eigenvalue weighted by molar-refractivity contribution is -0.000431. The summed E-state index contributed by atoms with van der Waals surface area (Å²) in [7, 11) is 0. The lowest BCUT2D eigenvalue weighted by atomic mass is 9.86. The van der Waals surface area contributed by atoms with Crippen LogP contribution in [0.15, 0.2) is 36.4 Å². The number of hydrogen-bond donors (Lipinski definition) is 1. The number of ether oxygens (including phenoxy) is 1. The first kappa shape index (κ1) is 19.5. The molecule has 4 nitrogen and oxygen atoms in total. The number of alkyl halides is 1. The molecule has 1 saturated heterocycles. The van der Waals surface area contributed by atoms with E-state index in [1.165, 1.54) is 0 Å². The molecule has 0 saturated carbocycles. The monoisotopic (exact) mass is 394 g/mol. The maximum atomic E-state index is 14.9. The maximum Gasteiger partial charge on any atom is 0.336 e. The Hall–Kier alpha value is -2.31. The molecule has 27 heavy (non-hydrogen) atoms. The number of benzene rings is 2. The van der Waals surface area contributed by atoms with Crippen LogP contribution in [0.5, 0.6) is 0 Å². The van der Waals surface area contributed by atoms with Crippen LogP contribution in [0.2, 0.25) is 5.02 Å². The van der Waals surface area contributed by atoms with Crippen molar-refractivity contribution in [3.63, 3.8) is 0 Å². The summed E-state index contributed by atoms with van der Waals surface area (Å²) in [4.78, 5) is 24.2. The Balaban J connectivity index is 1.98. The molecule has 0 bridgehead atoms. The van der Waals surface area contributed by atoms with E-state index in [1.54, 1.807) is 24.3 Å². The zero-order valence-corrected chi connectivity index (χ0v) is 15.1. The van der Waals surface area contributed by atoms with Crippen LogP contribution >= 0.6 is 11.6 Å². The number of carboxylic acid groups (broad SMARTS) is 1. The van der Waals surface area contributed by atoms with Crippen LogP contribution in [-0.4, -0.2) is 35.7 Å². The number of rotatable bonds is 5. The van der Waals surface area contributed by atoms with Gasteiger partial charge >= 0.3 is 5.97 Å². The van der Waals surface area contributed by atoms with E-state index in [0.717, 1.165) is 12.1 Å². The Kier molecular flexibility index (Phi) is 5.58. The standard InChI is InChI=1S/C20H17ClF2O4/c21-14-3-1-12(2-4-14)9-15-16(19(25)26)10-13(11-17(15)22)18(24)20(23)5-7-27-8-6-20/h1-4,10-11H,5-9H2,(H,25,26). The Bertz CT molecular complexity index is 874. The van der Waals surface area contributed by atoms with Crippen molar-refractivity contribution in [2.75, 3.05) is 13.2 Å². The molecule has 0 radical (unpaired) electrons. The zero-order valence-electron chi connectivity index (χ0n) is 14.3. The van der Waals surface area contributed by atoms with Gasteiger partial charge in [-0.15, -0.1) is 0 Å². The molecule has 1 heterocycles. The zero-order chi connectivity index (χ0) is 19.6. The van der Waals surface area contributed by atoms with Crippen LogP contribution < -0.4 is 0 Å². The van der Waals surface area contributed by atoms with E-state index in [2.05, 4.69) is 0 Å². The summed E-state index contributed by atoms with van der Waals surface area (Å²) in [5.41, 5.74) is -2.22. The molecule has 7 heteroatoms. The average Bonchev–Trinajstić information content (AvgIpc) is 2.64. The molecule has 3 rings (SSSR count). The number of carboxylic acids is 1. The van der Waals surface area contributed by atoms with Crippen LogP contribution in [-0.2, 0) is 11.2 Å². The SMILES string of the molecule is O=C(O)c1cc(C(=O)C2(F)CCOCC2)cc(F)c1Cc1ccc(Cl)cc1. The normalized spacial score (nSPS) is 16.1. The van der Waals surface area contributed by atoms with E-state index in [9.17, 15) is 23.5 Å². The van der Waals surface area contributed by atoms with Gasteiger partial charge in [-0.25, -0.2) is 13.6 Å². The van der Waals surface area contributed by atoms with E-state index in [1.807, 2.05) is 0 Å². The first-order chi connectivity index (χ1) is 12.8. The van der Waals surface area contributed by atoms with Gasteiger partial charge in [0.25, 0.3) is 0 Å². The predicted octanol–water partition coefficient (Wildman–Crippen LogP) is 4.47. The summed E-state index contributed by atoms with van der Waals surface area (Å²) in [6.45, 7) is 0.177. The quantitative estimate of drug-likeness (QED) is 0.760. The van der Waals surface area contributed by atoms with Crippen LogP contribution in [0.4, 0.5) is 8.78 Å². The van der Waals surface area contributed by atoms with Gasteiger partial charge in [-0.05, 0) is 29.8 Å². The summed E-state index contributed by atoms with van der Waals surface area (Å²) >= 11 is 5.82. The highest BCUT2D eigenvalue weighted by atomic mass is 35.5. The van der Waals surface area contributed by atoms with Gasteiger partial charge in [-0.2, -0.15) is 0 Å². The Morgan fingerprint density at radius 2 is 1.78 bits per heavy atom. The molecule has 0 amide bonds. The van der Waals surface area contributed by atoms with Crippen LogP contribution in [0.1, 0.15) is 44.7 Å². The molecular formula is C20H17ClF2O4. The van der Waals surface area contributed by atoms with Crippen LogP contribution in [0, 0.1) is 5.82 Å². The third-order valence-corrected chi connectivity index (χ3v) is 4.93. The van der Waals surface area contributed by atoms with Gasteiger partial charge in [0.2, 0.25) is 0 Å². The summed E-state index contributed by atoms with van der Waals surface area (Å²) < 4.78 is 34.6. The fourth-order valence-electron chi connectivity index (χ4n) is 3.13. The minimum atomic E-state index is -2.17. The molecule has 1 aliphatic heterocycles. The van der Waals surface area contributed by atoms with E-state index in [-0.39, 0.29) is 49.2 Å². The third kappa shape index (κ3) is 4.17. The van der Waals surface area contributed by atoms with Crippen molar-refractivity contribution in [2.45, 2.75) is 24.9 Å². The Morgan fingerprint density at radius 1 is 1.15 bits per heavy atom. The van der Waals surface area contributed by atoms with Gasteiger partial charge in [0, 0.05) is 35.4 Å².